The Morgan fingerprint density at radius 3 is 2.59 bits per heavy atom. The Morgan fingerprint density at radius 1 is 1.05 bits per heavy atom. The van der Waals surface area contributed by atoms with Crippen LogP contribution in [0.3, 0.4) is 0 Å². The largest absolute Gasteiger partial charge is 0.495 e. The van der Waals surface area contributed by atoms with Gasteiger partial charge in [-0.3, -0.25) is 14.6 Å². The molecule has 0 unspecified atom stereocenters. The molecule has 1 N–H and O–H groups in total. The predicted molar refractivity (Wildman–Crippen MR) is 176 cm³/mol. The average molecular weight is 637 g/mol. The van der Waals surface area contributed by atoms with Crippen LogP contribution in [0.15, 0.2) is 83.9 Å². The maximum absolute atomic E-state index is 14.0. The number of ether oxygens (including phenoxy) is 1. The van der Waals surface area contributed by atoms with E-state index in [9.17, 15) is 12.8 Å². The van der Waals surface area contributed by atoms with Crippen molar-refractivity contribution in [1.82, 2.24) is 14.8 Å². The molecule has 0 aliphatic carbocycles. The van der Waals surface area contributed by atoms with Crippen molar-refractivity contribution in [3.05, 3.63) is 101 Å². The number of hydrogen-bond acceptors (Lipinski definition) is 6. The fraction of sp³-hybridized carbons (Fsp3) is 0.324. The third-order valence-electron chi connectivity index (χ3n) is 7.88. The fourth-order valence-electron chi connectivity index (χ4n) is 5.53. The highest BCUT2D eigenvalue weighted by atomic mass is 35.5. The molecule has 1 aromatic heterocycles. The summed E-state index contributed by atoms with van der Waals surface area (Å²) in [5.74, 6) is 0.0377. The van der Waals surface area contributed by atoms with Crippen molar-refractivity contribution in [2.75, 3.05) is 38.0 Å². The number of allylic oxidation sites excluding steroid dienone is 1. The highest BCUT2D eigenvalue weighted by molar-refractivity contribution is 7.93. The molecule has 0 saturated carbocycles. The molecule has 4 aromatic rings. The Labute approximate surface area is 264 Å². The van der Waals surface area contributed by atoms with Crippen molar-refractivity contribution in [2.24, 2.45) is 0 Å². The molecule has 0 bridgehead atoms. The van der Waals surface area contributed by atoms with Crippen molar-refractivity contribution in [3.8, 4) is 5.75 Å². The van der Waals surface area contributed by atoms with Gasteiger partial charge in [0.15, 0.2) is 0 Å². The zero-order chi connectivity index (χ0) is 31.1. The molecule has 232 valence electrons. The topological polar surface area (TPSA) is 74.8 Å². The number of nitrogens with one attached hydrogen (secondary N) is 1. The van der Waals surface area contributed by atoms with Crippen molar-refractivity contribution >= 4 is 43.9 Å². The third kappa shape index (κ3) is 7.52. The van der Waals surface area contributed by atoms with Crippen LogP contribution in [0.25, 0.3) is 16.6 Å². The van der Waals surface area contributed by atoms with E-state index in [1.54, 1.807) is 43.6 Å². The van der Waals surface area contributed by atoms with Crippen LogP contribution in [-0.2, 0) is 16.6 Å². The lowest BCUT2D eigenvalue weighted by Crippen LogP contribution is -2.44. The minimum Gasteiger partial charge on any atom is -0.495 e. The normalized spacial score (nSPS) is 14.6. The highest BCUT2D eigenvalue weighted by Gasteiger charge is 2.23. The van der Waals surface area contributed by atoms with Crippen molar-refractivity contribution in [1.29, 1.82) is 0 Å². The lowest BCUT2D eigenvalue weighted by molar-refractivity contribution is 0.169. The summed E-state index contributed by atoms with van der Waals surface area (Å²) in [5, 5.41) is 0.882. The number of para-hydroxylation sites is 1. The minimum atomic E-state index is -3.94. The van der Waals surface area contributed by atoms with E-state index in [-0.39, 0.29) is 9.92 Å². The number of piperazine rings is 1. The van der Waals surface area contributed by atoms with Gasteiger partial charge in [0, 0.05) is 55.6 Å². The number of nitrogens with zero attached hydrogens (tertiary/aromatic N) is 3. The van der Waals surface area contributed by atoms with Gasteiger partial charge in [-0.2, -0.15) is 0 Å². The van der Waals surface area contributed by atoms with Crippen LogP contribution in [0.1, 0.15) is 43.7 Å². The van der Waals surface area contributed by atoms with Gasteiger partial charge in [-0.25, -0.2) is 12.8 Å². The number of aromatic nitrogens is 1. The van der Waals surface area contributed by atoms with Gasteiger partial charge in [-0.1, -0.05) is 67.8 Å². The van der Waals surface area contributed by atoms with Crippen LogP contribution < -0.4 is 9.46 Å². The number of pyridine rings is 1. The third-order valence-corrected chi connectivity index (χ3v) is 9.58. The molecule has 7 nitrogen and oxygen atoms in total. The monoisotopic (exact) mass is 636 g/mol. The second-order valence-corrected chi connectivity index (χ2v) is 13.0. The van der Waals surface area contributed by atoms with Crippen LogP contribution in [-0.4, -0.2) is 56.5 Å². The average Bonchev–Trinajstić information content (AvgIpc) is 3.03. The molecule has 44 heavy (non-hydrogen) atoms. The summed E-state index contributed by atoms with van der Waals surface area (Å²) in [6.07, 6.45) is 8.20. The number of benzene rings is 3. The van der Waals surface area contributed by atoms with E-state index in [1.165, 1.54) is 6.07 Å². The van der Waals surface area contributed by atoms with Crippen LogP contribution in [0.4, 0.5) is 10.1 Å². The van der Waals surface area contributed by atoms with Crippen LogP contribution >= 0.6 is 11.6 Å². The molecule has 1 fully saturated rings. The molecule has 10 heteroatoms. The summed E-state index contributed by atoms with van der Waals surface area (Å²) in [7, 11) is -2.40. The Balaban J connectivity index is 1.35. The van der Waals surface area contributed by atoms with E-state index in [0.29, 0.717) is 23.5 Å². The standard InChI is InChI=1S/C34H38ClFN4O3S/c1-3-4-5-6-11-31(40-20-18-39(19-21-40)24-25-13-15-28(35)29(36)22-25)27-14-16-30(32(23-27)43-2)38-44(41,42)33-12-7-9-26-10-8-17-37-34(26)33/h7-17,22-23,38H,3-6,18-21,24H2,1-2H3/b31-11+. The predicted octanol–water partition coefficient (Wildman–Crippen LogP) is 7.58. The van der Waals surface area contributed by atoms with Gasteiger partial charge in [0.1, 0.15) is 16.5 Å². The Kier molecular flexibility index (Phi) is 10.4. The Hall–Kier alpha value is -3.66. The van der Waals surface area contributed by atoms with Crippen LogP contribution in [0.2, 0.25) is 5.02 Å². The van der Waals surface area contributed by atoms with E-state index >= 15 is 0 Å². The fourth-order valence-corrected chi connectivity index (χ4v) is 6.90. The van der Waals surface area contributed by atoms with E-state index < -0.39 is 15.8 Å². The molecule has 0 atom stereocenters. The number of anilines is 1. The highest BCUT2D eigenvalue weighted by Crippen LogP contribution is 2.33. The van der Waals surface area contributed by atoms with Crippen LogP contribution in [0, 0.1) is 5.82 Å². The quantitative estimate of drug-likeness (QED) is 0.162. The van der Waals surface area contributed by atoms with Gasteiger partial charge < -0.3 is 9.64 Å². The van der Waals surface area contributed by atoms with Crippen LogP contribution in [0.5, 0.6) is 5.75 Å². The van der Waals surface area contributed by atoms with Gasteiger partial charge in [0.25, 0.3) is 10.0 Å². The summed E-state index contributed by atoms with van der Waals surface area (Å²) in [5.41, 5.74) is 3.73. The molecule has 0 spiro atoms. The smallest absolute Gasteiger partial charge is 0.264 e. The molecule has 1 aliphatic rings. The first-order valence-electron chi connectivity index (χ1n) is 15.0. The molecule has 2 heterocycles. The molecule has 5 rings (SSSR count). The van der Waals surface area contributed by atoms with Crippen molar-refractivity contribution < 1.29 is 17.5 Å². The summed E-state index contributed by atoms with van der Waals surface area (Å²) in [6, 6.07) is 19.3. The molecule has 3 aromatic carbocycles. The number of unbranched alkanes of at least 4 members (excludes halogenated alkanes) is 3. The van der Waals surface area contributed by atoms with E-state index in [2.05, 4.69) is 32.5 Å². The second kappa shape index (κ2) is 14.4. The number of halogens is 2. The minimum absolute atomic E-state index is 0.109. The van der Waals surface area contributed by atoms with Gasteiger partial charge in [-0.05, 0) is 54.8 Å². The lowest BCUT2D eigenvalue weighted by Gasteiger charge is -2.37. The maximum Gasteiger partial charge on any atom is 0.264 e. The Morgan fingerprint density at radius 2 is 1.84 bits per heavy atom. The number of hydrogen-bond donors (Lipinski definition) is 1. The lowest BCUT2D eigenvalue weighted by atomic mass is 10.1. The van der Waals surface area contributed by atoms with Gasteiger partial charge >= 0.3 is 0 Å². The van der Waals surface area contributed by atoms with Crippen molar-refractivity contribution in [2.45, 2.75) is 44.0 Å². The Bertz CT molecular complexity index is 1730. The molecule has 0 radical (unpaired) electrons. The molecule has 1 saturated heterocycles. The number of fused-ring (bicyclic) bond motifs is 1. The second-order valence-electron chi connectivity index (χ2n) is 10.9. The van der Waals surface area contributed by atoms with Gasteiger partial charge in [0.05, 0.1) is 23.3 Å². The first kappa shape index (κ1) is 31.8. The number of sulfonamides is 1. The first-order chi connectivity index (χ1) is 21.3. The van der Waals surface area contributed by atoms with Gasteiger partial charge in [0.2, 0.25) is 0 Å². The summed E-state index contributed by atoms with van der Waals surface area (Å²) < 4.78 is 49.4. The SMILES string of the molecule is CCCCC/C=C(\c1ccc(NS(=O)(=O)c2cccc3cccnc23)c(OC)c1)N1CCN(Cc2ccc(Cl)c(F)c2)CC1. The van der Waals surface area contributed by atoms with E-state index in [4.69, 9.17) is 16.3 Å². The van der Waals surface area contributed by atoms with E-state index in [1.807, 2.05) is 30.3 Å². The first-order valence-corrected chi connectivity index (χ1v) is 16.8. The molecular formula is C34H38ClFN4O3S. The zero-order valence-corrected chi connectivity index (χ0v) is 26.7. The summed E-state index contributed by atoms with van der Waals surface area (Å²) in [4.78, 5) is 9.10. The zero-order valence-electron chi connectivity index (χ0n) is 25.1. The summed E-state index contributed by atoms with van der Waals surface area (Å²) in [6.45, 7) is 6.11. The summed E-state index contributed by atoms with van der Waals surface area (Å²) >= 11 is 5.86. The van der Waals surface area contributed by atoms with Gasteiger partial charge in [-0.15, -0.1) is 0 Å². The molecular weight excluding hydrogens is 599 g/mol. The van der Waals surface area contributed by atoms with Crippen molar-refractivity contribution in [3.63, 3.8) is 0 Å². The number of methoxy groups -OCH3 is 1. The van der Waals surface area contributed by atoms with E-state index in [0.717, 1.165) is 74.1 Å². The maximum atomic E-state index is 14.0. The molecule has 0 amide bonds. The molecule has 1 aliphatic heterocycles. The number of rotatable bonds is 12.